The van der Waals surface area contributed by atoms with Gasteiger partial charge in [0.1, 0.15) is 5.75 Å². The van der Waals surface area contributed by atoms with Crippen LogP contribution in [0, 0.1) is 0 Å². The summed E-state index contributed by atoms with van der Waals surface area (Å²) in [7, 11) is 0. The highest BCUT2D eigenvalue weighted by atomic mass is 16.3. The first-order chi connectivity index (χ1) is 11.1. The van der Waals surface area contributed by atoms with Gasteiger partial charge < -0.3 is 5.11 Å². The second kappa shape index (κ2) is 7.01. The van der Waals surface area contributed by atoms with E-state index in [4.69, 9.17) is 0 Å². The van der Waals surface area contributed by atoms with E-state index < -0.39 is 0 Å². The SMILES string of the molecule is CC(C)(C)c1cc(O)c(CCCc2ccccc2)c(C(C)(C)C)c1. The Morgan fingerprint density at radius 1 is 0.792 bits per heavy atom. The molecule has 2 aromatic rings. The molecule has 0 saturated heterocycles. The Morgan fingerprint density at radius 2 is 1.42 bits per heavy atom. The fourth-order valence-corrected chi connectivity index (χ4v) is 3.14. The normalized spacial score (nSPS) is 12.4. The molecule has 130 valence electrons. The molecular formula is C23H32O. The number of rotatable bonds is 4. The van der Waals surface area contributed by atoms with E-state index in [9.17, 15) is 5.11 Å². The minimum Gasteiger partial charge on any atom is -0.508 e. The molecule has 2 rings (SSSR count). The van der Waals surface area contributed by atoms with Crippen LogP contribution in [0.15, 0.2) is 42.5 Å². The van der Waals surface area contributed by atoms with Gasteiger partial charge in [-0.1, -0.05) is 77.9 Å². The third-order valence-corrected chi connectivity index (χ3v) is 4.64. The summed E-state index contributed by atoms with van der Waals surface area (Å²) in [4.78, 5) is 0. The van der Waals surface area contributed by atoms with Gasteiger partial charge in [0.15, 0.2) is 0 Å². The van der Waals surface area contributed by atoms with Gasteiger partial charge in [0, 0.05) is 0 Å². The topological polar surface area (TPSA) is 20.2 Å². The van der Waals surface area contributed by atoms with Gasteiger partial charge in [0.05, 0.1) is 0 Å². The molecule has 0 aromatic heterocycles. The second-order valence-electron chi connectivity index (χ2n) is 8.86. The quantitative estimate of drug-likeness (QED) is 0.713. The molecule has 24 heavy (non-hydrogen) atoms. The Labute approximate surface area is 147 Å². The molecule has 0 aliphatic rings. The Bertz CT molecular complexity index is 670. The molecule has 1 nitrogen and oxygen atoms in total. The molecule has 0 heterocycles. The molecule has 0 atom stereocenters. The van der Waals surface area contributed by atoms with Crippen molar-refractivity contribution in [3.8, 4) is 5.75 Å². The van der Waals surface area contributed by atoms with Crippen LogP contribution in [0.1, 0.15) is 70.2 Å². The lowest BCUT2D eigenvalue weighted by atomic mass is 9.77. The highest BCUT2D eigenvalue weighted by Crippen LogP contribution is 2.37. The van der Waals surface area contributed by atoms with Crippen LogP contribution in [0.2, 0.25) is 0 Å². The predicted molar refractivity (Wildman–Crippen MR) is 104 cm³/mol. The van der Waals surface area contributed by atoms with E-state index in [0.29, 0.717) is 5.75 Å². The van der Waals surface area contributed by atoms with Crippen LogP contribution in [-0.2, 0) is 23.7 Å². The maximum atomic E-state index is 10.7. The van der Waals surface area contributed by atoms with Crippen LogP contribution in [0.5, 0.6) is 5.75 Å². The van der Waals surface area contributed by atoms with E-state index in [0.717, 1.165) is 24.8 Å². The minimum absolute atomic E-state index is 0.0286. The van der Waals surface area contributed by atoms with Gasteiger partial charge in [-0.15, -0.1) is 0 Å². The van der Waals surface area contributed by atoms with E-state index in [1.54, 1.807) is 0 Å². The summed E-state index contributed by atoms with van der Waals surface area (Å²) >= 11 is 0. The summed E-state index contributed by atoms with van der Waals surface area (Å²) < 4.78 is 0. The summed E-state index contributed by atoms with van der Waals surface area (Å²) in [6.45, 7) is 13.3. The number of benzene rings is 2. The zero-order valence-electron chi connectivity index (χ0n) is 16.1. The van der Waals surface area contributed by atoms with Crippen LogP contribution < -0.4 is 0 Å². The number of phenolic OH excluding ortho intramolecular Hbond substituents is 1. The first kappa shape index (κ1) is 18.6. The maximum Gasteiger partial charge on any atom is 0.119 e. The monoisotopic (exact) mass is 324 g/mol. The van der Waals surface area contributed by atoms with Crippen molar-refractivity contribution in [3.63, 3.8) is 0 Å². The zero-order valence-corrected chi connectivity index (χ0v) is 16.1. The first-order valence-electron chi connectivity index (χ1n) is 9.00. The molecule has 0 fully saturated rings. The van der Waals surface area contributed by atoms with Crippen molar-refractivity contribution >= 4 is 0 Å². The summed E-state index contributed by atoms with van der Waals surface area (Å²) in [6.07, 6.45) is 3.01. The third-order valence-electron chi connectivity index (χ3n) is 4.64. The fraction of sp³-hybridized carbons (Fsp3) is 0.478. The highest BCUT2D eigenvalue weighted by molar-refractivity contribution is 5.48. The summed E-state index contributed by atoms with van der Waals surface area (Å²) in [5.41, 5.74) is 5.03. The van der Waals surface area contributed by atoms with Crippen molar-refractivity contribution in [2.75, 3.05) is 0 Å². The van der Waals surface area contributed by atoms with Crippen molar-refractivity contribution in [1.82, 2.24) is 0 Å². The lowest BCUT2D eigenvalue weighted by molar-refractivity contribution is 0.455. The van der Waals surface area contributed by atoms with Crippen molar-refractivity contribution in [2.45, 2.75) is 71.6 Å². The Morgan fingerprint density at radius 3 is 1.96 bits per heavy atom. The molecule has 0 saturated carbocycles. The standard InChI is InChI=1S/C23H32O/c1-22(2,3)18-15-20(23(4,5)6)19(21(24)16-18)14-10-13-17-11-8-7-9-12-17/h7-9,11-12,15-16,24H,10,13-14H2,1-6H3. The summed E-state index contributed by atoms with van der Waals surface area (Å²) in [6, 6.07) is 14.8. The van der Waals surface area contributed by atoms with Gasteiger partial charge in [0.25, 0.3) is 0 Å². The van der Waals surface area contributed by atoms with Crippen molar-refractivity contribution in [3.05, 3.63) is 64.7 Å². The number of aromatic hydroxyl groups is 1. The molecule has 2 aromatic carbocycles. The molecule has 0 aliphatic carbocycles. The van der Waals surface area contributed by atoms with Crippen LogP contribution in [-0.4, -0.2) is 5.11 Å². The van der Waals surface area contributed by atoms with Gasteiger partial charge in [-0.2, -0.15) is 0 Å². The van der Waals surface area contributed by atoms with Gasteiger partial charge in [-0.05, 0) is 58.4 Å². The average molecular weight is 325 g/mol. The van der Waals surface area contributed by atoms with Crippen LogP contribution in [0.3, 0.4) is 0 Å². The minimum atomic E-state index is 0.0286. The van der Waals surface area contributed by atoms with Gasteiger partial charge in [-0.3, -0.25) is 0 Å². The zero-order chi connectivity index (χ0) is 18.0. The van der Waals surface area contributed by atoms with Gasteiger partial charge in [0.2, 0.25) is 0 Å². The summed E-state index contributed by atoms with van der Waals surface area (Å²) in [5, 5.41) is 10.7. The first-order valence-corrected chi connectivity index (χ1v) is 9.00. The van der Waals surface area contributed by atoms with Crippen molar-refractivity contribution < 1.29 is 5.11 Å². The Kier molecular flexibility index (Phi) is 5.42. The molecular weight excluding hydrogens is 292 g/mol. The number of hydrogen-bond donors (Lipinski definition) is 1. The smallest absolute Gasteiger partial charge is 0.119 e. The molecule has 1 N–H and O–H groups in total. The Balaban J connectivity index is 2.28. The van der Waals surface area contributed by atoms with Gasteiger partial charge in [-0.25, -0.2) is 0 Å². The molecule has 1 heteroatoms. The fourth-order valence-electron chi connectivity index (χ4n) is 3.14. The lowest BCUT2D eigenvalue weighted by Crippen LogP contribution is -2.18. The number of aryl methyl sites for hydroxylation is 1. The third kappa shape index (κ3) is 4.63. The number of phenols is 1. The van der Waals surface area contributed by atoms with E-state index in [1.807, 2.05) is 6.07 Å². The molecule has 0 aliphatic heterocycles. The molecule has 0 unspecified atom stereocenters. The molecule has 0 bridgehead atoms. The van der Waals surface area contributed by atoms with E-state index in [1.165, 1.54) is 16.7 Å². The van der Waals surface area contributed by atoms with E-state index in [-0.39, 0.29) is 10.8 Å². The Hall–Kier alpha value is -1.76. The van der Waals surface area contributed by atoms with Crippen molar-refractivity contribution in [2.24, 2.45) is 0 Å². The predicted octanol–water partition coefficient (Wildman–Crippen LogP) is 6.16. The molecule has 0 radical (unpaired) electrons. The van der Waals surface area contributed by atoms with Gasteiger partial charge >= 0.3 is 0 Å². The molecule has 0 amide bonds. The van der Waals surface area contributed by atoms with Crippen LogP contribution in [0.25, 0.3) is 0 Å². The van der Waals surface area contributed by atoms with Crippen LogP contribution in [0.4, 0.5) is 0 Å². The van der Waals surface area contributed by atoms with Crippen molar-refractivity contribution in [1.29, 1.82) is 0 Å². The van der Waals surface area contributed by atoms with Crippen LogP contribution >= 0.6 is 0 Å². The number of hydrogen-bond acceptors (Lipinski definition) is 1. The second-order valence-corrected chi connectivity index (χ2v) is 8.86. The lowest BCUT2D eigenvalue weighted by Gasteiger charge is -2.28. The van der Waals surface area contributed by atoms with E-state index in [2.05, 4.69) is 77.9 Å². The summed E-state index contributed by atoms with van der Waals surface area (Å²) in [5.74, 6) is 0.459. The highest BCUT2D eigenvalue weighted by Gasteiger charge is 2.24. The molecule has 0 spiro atoms. The van der Waals surface area contributed by atoms with E-state index >= 15 is 0 Å². The maximum absolute atomic E-state index is 10.7. The average Bonchev–Trinajstić information content (AvgIpc) is 2.47. The largest absolute Gasteiger partial charge is 0.508 e.